The Morgan fingerprint density at radius 3 is 2.39 bits per heavy atom. The van der Waals surface area contributed by atoms with E-state index in [2.05, 4.69) is 10.6 Å². The van der Waals surface area contributed by atoms with Crippen molar-refractivity contribution in [1.29, 1.82) is 0 Å². The van der Waals surface area contributed by atoms with Crippen LogP contribution in [0, 0.1) is 17.0 Å². The Hall–Kier alpha value is -3.29. The van der Waals surface area contributed by atoms with Crippen LogP contribution in [0.25, 0.3) is 0 Å². The Morgan fingerprint density at radius 1 is 1.00 bits per heavy atom. The fourth-order valence-electron chi connectivity index (χ4n) is 2.04. The van der Waals surface area contributed by atoms with Crippen LogP contribution in [0.3, 0.4) is 0 Å². The molecule has 2 amide bonds. The van der Waals surface area contributed by atoms with Gasteiger partial charge in [0.1, 0.15) is 11.6 Å². The fraction of sp³-hybridized carbons (Fsp3) is 0.250. The highest BCUT2D eigenvalue weighted by molar-refractivity contribution is 5.98. The number of rotatable bonds is 5. The van der Waals surface area contributed by atoms with Gasteiger partial charge in [0.15, 0.2) is 6.61 Å². The van der Waals surface area contributed by atoms with Gasteiger partial charge in [-0.15, -0.1) is 0 Å². The van der Waals surface area contributed by atoms with Crippen molar-refractivity contribution in [2.24, 2.45) is 5.41 Å². The van der Waals surface area contributed by atoms with Gasteiger partial charge in [0, 0.05) is 17.2 Å². The van der Waals surface area contributed by atoms with Gasteiger partial charge in [-0.3, -0.25) is 9.59 Å². The number of carbonyl (C=O) groups excluding carboxylic acids is 3. The number of esters is 1. The lowest BCUT2D eigenvalue weighted by Crippen LogP contribution is -2.27. The number of hydrogen-bond donors (Lipinski definition) is 2. The maximum absolute atomic E-state index is 13.5. The van der Waals surface area contributed by atoms with E-state index in [9.17, 15) is 23.2 Å². The molecule has 8 heteroatoms. The van der Waals surface area contributed by atoms with E-state index < -0.39 is 35.5 Å². The van der Waals surface area contributed by atoms with Gasteiger partial charge in [0.05, 0.1) is 11.3 Å². The Labute approximate surface area is 160 Å². The second-order valence-electron chi connectivity index (χ2n) is 7.03. The molecule has 0 saturated heterocycles. The normalized spacial score (nSPS) is 10.9. The summed E-state index contributed by atoms with van der Waals surface area (Å²) in [5.41, 5.74) is -0.439. The summed E-state index contributed by atoms with van der Waals surface area (Å²) < 4.78 is 31.5. The van der Waals surface area contributed by atoms with Crippen molar-refractivity contribution in [1.82, 2.24) is 0 Å². The summed E-state index contributed by atoms with van der Waals surface area (Å²) in [6.07, 6.45) is 0. The quantitative estimate of drug-likeness (QED) is 0.762. The number of amides is 2. The van der Waals surface area contributed by atoms with Crippen LogP contribution in [0.15, 0.2) is 42.5 Å². The molecule has 0 aliphatic carbocycles. The van der Waals surface area contributed by atoms with Crippen LogP contribution in [-0.4, -0.2) is 24.4 Å². The number of benzene rings is 2. The molecule has 2 N–H and O–H groups in total. The minimum Gasteiger partial charge on any atom is -0.452 e. The van der Waals surface area contributed by atoms with E-state index in [-0.39, 0.29) is 17.2 Å². The van der Waals surface area contributed by atoms with E-state index in [0.29, 0.717) is 5.69 Å². The summed E-state index contributed by atoms with van der Waals surface area (Å²) in [6.45, 7) is 4.56. The van der Waals surface area contributed by atoms with Crippen LogP contribution in [-0.2, 0) is 14.3 Å². The number of halogens is 2. The highest BCUT2D eigenvalue weighted by Gasteiger charge is 2.21. The molecule has 0 spiro atoms. The zero-order valence-corrected chi connectivity index (χ0v) is 15.6. The molecule has 2 aromatic carbocycles. The molecule has 2 aromatic rings. The lowest BCUT2D eigenvalue weighted by molar-refractivity contribution is -0.123. The van der Waals surface area contributed by atoms with Gasteiger partial charge in [-0.25, -0.2) is 13.6 Å². The molecule has 148 valence electrons. The maximum atomic E-state index is 13.5. The second-order valence-corrected chi connectivity index (χ2v) is 7.03. The first-order valence-electron chi connectivity index (χ1n) is 8.40. The number of anilines is 2. The highest BCUT2D eigenvalue weighted by Crippen LogP contribution is 2.19. The van der Waals surface area contributed by atoms with Crippen LogP contribution in [0.4, 0.5) is 20.2 Å². The molecule has 0 atom stereocenters. The minimum absolute atomic E-state index is 0.122. The largest absolute Gasteiger partial charge is 0.452 e. The number of ether oxygens (including phenoxy) is 1. The van der Waals surface area contributed by atoms with E-state index >= 15 is 0 Å². The van der Waals surface area contributed by atoms with Crippen molar-refractivity contribution in [2.75, 3.05) is 17.2 Å². The highest BCUT2D eigenvalue weighted by atomic mass is 19.1. The Bertz CT molecular complexity index is 907. The van der Waals surface area contributed by atoms with Crippen LogP contribution in [0.1, 0.15) is 31.1 Å². The maximum Gasteiger partial charge on any atom is 0.338 e. The molecule has 28 heavy (non-hydrogen) atoms. The fourth-order valence-corrected chi connectivity index (χ4v) is 2.04. The molecule has 0 radical (unpaired) electrons. The van der Waals surface area contributed by atoms with Crippen molar-refractivity contribution in [2.45, 2.75) is 20.8 Å². The van der Waals surface area contributed by atoms with Crippen molar-refractivity contribution in [3.05, 3.63) is 59.7 Å². The van der Waals surface area contributed by atoms with E-state index in [1.54, 1.807) is 32.9 Å². The lowest BCUT2D eigenvalue weighted by Gasteiger charge is -2.17. The summed E-state index contributed by atoms with van der Waals surface area (Å²) in [5, 5.41) is 4.81. The van der Waals surface area contributed by atoms with E-state index in [4.69, 9.17) is 4.74 Å². The zero-order chi connectivity index (χ0) is 20.9. The Morgan fingerprint density at radius 2 is 1.71 bits per heavy atom. The summed E-state index contributed by atoms with van der Waals surface area (Å²) in [5.74, 6) is -3.39. The van der Waals surface area contributed by atoms with Gasteiger partial charge in [0.2, 0.25) is 5.91 Å². The van der Waals surface area contributed by atoms with Crippen LogP contribution in [0.2, 0.25) is 0 Å². The summed E-state index contributed by atoms with van der Waals surface area (Å²) in [7, 11) is 0. The molecule has 0 saturated carbocycles. The van der Waals surface area contributed by atoms with Crippen molar-refractivity contribution in [3.63, 3.8) is 0 Å². The third-order valence-corrected chi connectivity index (χ3v) is 3.57. The van der Waals surface area contributed by atoms with Gasteiger partial charge >= 0.3 is 5.97 Å². The summed E-state index contributed by atoms with van der Waals surface area (Å²) in [4.78, 5) is 35.9. The molecule has 0 unspecified atom stereocenters. The van der Waals surface area contributed by atoms with Crippen LogP contribution >= 0.6 is 0 Å². The standard InChI is InChI=1S/C20H20F2N2O4/c1-20(2,3)19(27)23-14-6-4-5-12(9-14)18(26)28-11-17(25)24-16-10-13(21)7-8-15(16)22/h4-10H,11H2,1-3H3,(H,23,27)(H,24,25). The third-order valence-electron chi connectivity index (χ3n) is 3.57. The van der Waals surface area contributed by atoms with E-state index in [0.717, 1.165) is 18.2 Å². The number of carbonyl (C=O) groups is 3. The molecule has 0 fully saturated rings. The van der Waals surface area contributed by atoms with Crippen LogP contribution < -0.4 is 10.6 Å². The first-order chi connectivity index (χ1) is 13.1. The van der Waals surface area contributed by atoms with Gasteiger partial charge in [-0.1, -0.05) is 26.8 Å². The molecule has 6 nitrogen and oxygen atoms in total. The molecular formula is C20H20F2N2O4. The second kappa shape index (κ2) is 8.60. The molecule has 0 heterocycles. The first-order valence-corrected chi connectivity index (χ1v) is 8.40. The average Bonchev–Trinajstić information content (AvgIpc) is 2.62. The Balaban J connectivity index is 1.96. The monoisotopic (exact) mass is 390 g/mol. The number of nitrogens with one attached hydrogen (secondary N) is 2. The predicted octanol–water partition coefficient (Wildman–Crippen LogP) is 3.74. The van der Waals surface area contributed by atoms with Crippen molar-refractivity contribution in [3.8, 4) is 0 Å². The molecule has 0 bridgehead atoms. The molecule has 0 aromatic heterocycles. The first kappa shape index (κ1) is 21.0. The predicted molar refractivity (Wildman–Crippen MR) is 99.8 cm³/mol. The van der Waals surface area contributed by atoms with Gasteiger partial charge in [-0.05, 0) is 30.3 Å². The molecule has 0 aliphatic heterocycles. The SMILES string of the molecule is CC(C)(C)C(=O)Nc1cccc(C(=O)OCC(=O)Nc2cc(F)ccc2F)c1. The topological polar surface area (TPSA) is 84.5 Å². The van der Waals surface area contributed by atoms with Crippen LogP contribution in [0.5, 0.6) is 0 Å². The van der Waals surface area contributed by atoms with E-state index in [1.165, 1.54) is 12.1 Å². The minimum atomic E-state index is -0.824. The summed E-state index contributed by atoms with van der Waals surface area (Å²) >= 11 is 0. The number of hydrogen-bond acceptors (Lipinski definition) is 4. The zero-order valence-electron chi connectivity index (χ0n) is 15.6. The smallest absolute Gasteiger partial charge is 0.338 e. The van der Waals surface area contributed by atoms with E-state index in [1.807, 2.05) is 0 Å². The lowest BCUT2D eigenvalue weighted by atomic mass is 9.95. The molecule has 0 aliphatic rings. The third kappa shape index (κ3) is 5.87. The molecular weight excluding hydrogens is 370 g/mol. The Kier molecular flexibility index (Phi) is 6.45. The average molecular weight is 390 g/mol. The van der Waals surface area contributed by atoms with Gasteiger partial charge in [0.25, 0.3) is 5.91 Å². The van der Waals surface area contributed by atoms with Crippen molar-refractivity contribution >= 4 is 29.2 Å². The molecule has 2 rings (SSSR count). The van der Waals surface area contributed by atoms with Gasteiger partial charge in [-0.2, -0.15) is 0 Å². The van der Waals surface area contributed by atoms with Gasteiger partial charge < -0.3 is 15.4 Å². The van der Waals surface area contributed by atoms with Crippen molar-refractivity contribution < 1.29 is 27.9 Å². The summed E-state index contributed by atoms with van der Waals surface area (Å²) in [6, 6.07) is 8.63.